The molecule has 0 spiro atoms. The first-order valence-electron chi connectivity index (χ1n) is 11.9. The van der Waals surface area contributed by atoms with Crippen LogP contribution >= 0.6 is 0 Å². The molecule has 1 aromatic carbocycles. The molecule has 0 fully saturated rings. The predicted octanol–water partition coefficient (Wildman–Crippen LogP) is 7.77. The van der Waals surface area contributed by atoms with Crippen molar-refractivity contribution in [2.24, 2.45) is 0 Å². The molecule has 0 aliphatic carbocycles. The van der Waals surface area contributed by atoms with Crippen LogP contribution in [0.15, 0.2) is 55.0 Å². The van der Waals surface area contributed by atoms with E-state index in [1.165, 1.54) is 10.8 Å². The number of benzene rings is 1. The van der Waals surface area contributed by atoms with Crippen LogP contribution in [0.25, 0.3) is 32.9 Å². The second-order valence-electron chi connectivity index (χ2n) is 10.6. The van der Waals surface area contributed by atoms with Gasteiger partial charge in [0.2, 0.25) is 0 Å². The molecule has 4 aromatic rings. The van der Waals surface area contributed by atoms with E-state index in [-0.39, 0.29) is 5.04 Å². The van der Waals surface area contributed by atoms with Gasteiger partial charge < -0.3 is 8.99 Å². The van der Waals surface area contributed by atoms with Crippen molar-refractivity contribution in [3.8, 4) is 11.1 Å². The highest BCUT2D eigenvalue weighted by molar-refractivity contribution is 6.74. The van der Waals surface area contributed by atoms with E-state index in [2.05, 4.69) is 43.8 Å². The number of nitrogens with zero attached hydrogens (tertiary/aromatic N) is 3. The smallest absolute Gasteiger partial charge is 0.406 e. The van der Waals surface area contributed by atoms with Gasteiger partial charge in [-0.1, -0.05) is 39.0 Å². The lowest BCUT2D eigenvalue weighted by atomic mass is 10.0. The molecule has 0 atom stereocenters. The van der Waals surface area contributed by atoms with Gasteiger partial charge in [0.05, 0.1) is 11.0 Å². The van der Waals surface area contributed by atoms with Crippen LogP contribution in [-0.2, 0) is 17.4 Å². The number of hydrogen-bond donors (Lipinski definition) is 0. The van der Waals surface area contributed by atoms with Crippen LogP contribution in [0, 0.1) is 0 Å². The third-order valence-electron chi connectivity index (χ3n) is 7.01. The average Bonchev–Trinajstić information content (AvgIpc) is 3.08. The number of pyridine rings is 2. The van der Waals surface area contributed by atoms with Gasteiger partial charge in [-0.15, -0.1) is 0 Å². The first kappa shape index (κ1) is 25.4. The summed E-state index contributed by atoms with van der Waals surface area (Å²) in [5, 5.41) is 1.66. The van der Waals surface area contributed by atoms with E-state index in [1.54, 1.807) is 18.5 Å². The molecule has 0 aliphatic heterocycles. The molecule has 3 aromatic heterocycles. The fourth-order valence-electron chi connectivity index (χ4n) is 4.01. The van der Waals surface area contributed by atoms with Crippen molar-refractivity contribution in [3.63, 3.8) is 0 Å². The molecule has 0 radical (unpaired) electrons. The predicted molar refractivity (Wildman–Crippen MR) is 138 cm³/mol. The van der Waals surface area contributed by atoms with Gasteiger partial charge in [-0.25, -0.2) is 0 Å². The van der Waals surface area contributed by atoms with E-state index >= 15 is 0 Å². The molecule has 0 unspecified atom stereocenters. The maximum absolute atomic E-state index is 13.3. The van der Waals surface area contributed by atoms with E-state index in [0.717, 1.165) is 41.7 Å². The molecule has 3 heterocycles. The van der Waals surface area contributed by atoms with Crippen molar-refractivity contribution in [2.75, 3.05) is 6.61 Å². The normalized spacial score (nSPS) is 13.1. The zero-order chi connectivity index (χ0) is 25.4. The summed E-state index contributed by atoms with van der Waals surface area (Å²) in [5.41, 5.74) is 3.74. The van der Waals surface area contributed by atoms with Gasteiger partial charge >= 0.3 is 6.18 Å². The minimum atomic E-state index is -4.32. The van der Waals surface area contributed by atoms with Gasteiger partial charge in [-0.05, 0) is 54.7 Å². The Morgan fingerprint density at radius 1 is 0.914 bits per heavy atom. The molecule has 4 nitrogen and oxygen atoms in total. The Morgan fingerprint density at radius 3 is 2.31 bits per heavy atom. The Kier molecular flexibility index (Phi) is 6.81. The lowest BCUT2D eigenvalue weighted by Crippen LogP contribution is -2.41. The largest absolute Gasteiger partial charge is 0.417 e. The van der Waals surface area contributed by atoms with Gasteiger partial charge in [0.15, 0.2) is 8.32 Å². The topological polar surface area (TPSA) is 39.9 Å². The van der Waals surface area contributed by atoms with Crippen molar-refractivity contribution in [1.82, 2.24) is 14.5 Å². The number of fused-ring (bicyclic) bond motifs is 3. The number of aryl methyl sites for hydroxylation is 1. The van der Waals surface area contributed by atoms with Gasteiger partial charge in [-0.2, -0.15) is 13.2 Å². The van der Waals surface area contributed by atoms with Crippen LogP contribution in [0.3, 0.4) is 0 Å². The van der Waals surface area contributed by atoms with E-state index in [1.807, 2.05) is 30.3 Å². The Balaban J connectivity index is 1.53. The molecule has 0 bridgehead atoms. The SMILES string of the molecule is CC(C)(C)[Si](C)(C)OCCCc1ccc(-c2ccc3c4cnccc4n(CC(F)(F)F)c3c2)cn1. The number of halogens is 3. The monoisotopic (exact) mass is 499 g/mol. The molecule has 0 aliphatic rings. The van der Waals surface area contributed by atoms with Gasteiger partial charge in [0.1, 0.15) is 6.54 Å². The third kappa shape index (κ3) is 5.59. The summed E-state index contributed by atoms with van der Waals surface area (Å²) in [6, 6.07) is 11.2. The van der Waals surface area contributed by atoms with Crippen molar-refractivity contribution in [1.29, 1.82) is 0 Å². The van der Waals surface area contributed by atoms with Crippen LogP contribution in [0.5, 0.6) is 0 Å². The summed E-state index contributed by atoms with van der Waals surface area (Å²) in [4.78, 5) is 8.71. The lowest BCUT2D eigenvalue weighted by Gasteiger charge is -2.36. The summed E-state index contributed by atoms with van der Waals surface area (Å²) in [7, 11) is -1.75. The molecule has 186 valence electrons. The van der Waals surface area contributed by atoms with Gasteiger partial charge in [0.25, 0.3) is 0 Å². The zero-order valence-electron chi connectivity index (χ0n) is 20.9. The first-order valence-corrected chi connectivity index (χ1v) is 14.8. The maximum atomic E-state index is 13.3. The summed E-state index contributed by atoms with van der Waals surface area (Å²) in [5.74, 6) is 0. The number of hydrogen-bond acceptors (Lipinski definition) is 3. The lowest BCUT2D eigenvalue weighted by molar-refractivity contribution is -0.139. The second kappa shape index (κ2) is 9.39. The quantitative estimate of drug-likeness (QED) is 0.193. The highest BCUT2D eigenvalue weighted by atomic mass is 28.4. The maximum Gasteiger partial charge on any atom is 0.406 e. The van der Waals surface area contributed by atoms with Crippen LogP contribution in [-0.4, -0.2) is 35.6 Å². The van der Waals surface area contributed by atoms with Crippen LogP contribution in [0.4, 0.5) is 13.2 Å². The highest BCUT2D eigenvalue weighted by Crippen LogP contribution is 2.37. The zero-order valence-corrected chi connectivity index (χ0v) is 21.9. The minimum absolute atomic E-state index is 0.191. The Morgan fingerprint density at radius 2 is 1.66 bits per heavy atom. The van der Waals surface area contributed by atoms with Crippen LogP contribution in [0.2, 0.25) is 18.1 Å². The summed E-state index contributed by atoms with van der Waals surface area (Å²) < 4.78 is 47.6. The fourth-order valence-corrected chi connectivity index (χ4v) is 5.10. The summed E-state index contributed by atoms with van der Waals surface area (Å²) in [6.45, 7) is 10.9. The molecular formula is C27H32F3N3OSi. The van der Waals surface area contributed by atoms with Crippen molar-refractivity contribution in [3.05, 3.63) is 60.7 Å². The van der Waals surface area contributed by atoms with Crippen molar-refractivity contribution < 1.29 is 17.6 Å². The van der Waals surface area contributed by atoms with Crippen LogP contribution in [0.1, 0.15) is 32.9 Å². The number of aromatic nitrogens is 3. The van der Waals surface area contributed by atoms with E-state index in [9.17, 15) is 13.2 Å². The Labute approximate surface area is 205 Å². The molecule has 0 amide bonds. The number of rotatable bonds is 7. The van der Waals surface area contributed by atoms with Gasteiger partial charge in [0, 0.05) is 47.2 Å². The van der Waals surface area contributed by atoms with Gasteiger partial charge in [-0.3, -0.25) is 9.97 Å². The van der Waals surface area contributed by atoms with E-state index in [0.29, 0.717) is 16.4 Å². The van der Waals surface area contributed by atoms with Crippen molar-refractivity contribution >= 4 is 30.1 Å². The average molecular weight is 500 g/mol. The molecular weight excluding hydrogens is 467 g/mol. The second-order valence-corrected chi connectivity index (χ2v) is 15.4. The summed E-state index contributed by atoms with van der Waals surface area (Å²) >= 11 is 0. The van der Waals surface area contributed by atoms with Crippen molar-refractivity contribution in [2.45, 2.75) is 64.5 Å². The molecule has 0 saturated carbocycles. The minimum Gasteiger partial charge on any atom is -0.417 e. The Bertz CT molecular complexity index is 1320. The molecule has 35 heavy (non-hydrogen) atoms. The molecule has 8 heteroatoms. The summed E-state index contributed by atoms with van der Waals surface area (Å²) in [6.07, 6.45) is 2.33. The molecule has 0 N–H and O–H groups in total. The fraction of sp³-hybridized carbons (Fsp3) is 0.407. The van der Waals surface area contributed by atoms with Crippen LogP contribution < -0.4 is 0 Å². The Hall–Kier alpha value is -2.71. The first-order chi connectivity index (χ1) is 16.4. The highest BCUT2D eigenvalue weighted by Gasteiger charge is 2.36. The number of alkyl halides is 3. The third-order valence-corrected chi connectivity index (χ3v) is 11.5. The molecule has 4 rings (SSSR count). The van der Waals surface area contributed by atoms with E-state index in [4.69, 9.17) is 4.43 Å². The standard InChI is InChI=1S/C27H32F3N3OSi/c1-26(2,3)35(4,5)34-14-6-7-21-10-8-20(16-32-21)19-9-11-22-23-17-31-13-12-24(23)33(25(22)15-19)18-27(28,29)30/h8-13,15-17H,6-7,14,18H2,1-5H3. The molecule has 0 saturated heterocycles. The van der Waals surface area contributed by atoms with E-state index < -0.39 is 21.0 Å².